The van der Waals surface area contributed by atoms with Crippen molar-refractivity contribution in [2.75, 3.05) is 13.1 Å². The highest BCUT2D eigenvalue weighted by Crippen LogP contribution is 2.28. The third-order valence-electron chi connectivity index (χ3n) is 3.52. The SMILES string of the molecule is NC1CCN(C(=O)CC2CCCC2)C1. The minimum atomic E-state index is 0.225. The van der Waals surface area contributed by atoms with E-state index < -0.39 is 0 Å². The van der Waals surface area contributed by atoms with Crippen LogP contribution in [-0.2, 0) is 4.79 Å². The lowest BCUT2D eigenvalue weighted by Crippen LogP contribution is -2.32. The predicted molar refractivity (Wildman–Crippen MR) is 55.7 cm³/mol. The highest BCUT2D eigenvalue weighted by molar-refractivity contribution is 5.76. The van der Waals surface area contributed by atoms with Gasteiger partial charge in [-0.05, 0) is 25.2 Å². The van der Waals surface area contributed by atoms with Gasteiger partial charge in [0.1, 0.15) is 0 Å². The van der Waals surface area contributed by atoms with Crippen molar-refractivity contribution in [2.24, 2.45) is 11.7 Å². The fraction of sp³-hybridized carbons (Fsp3) is 0.909. The topological polar surface area (TPSA) is 46.3 Å². The zero-order valence-corrected chi connectivity index (χ0v) is 8.74. The maximum Gasteiger partial charge on any atom is 0.222 e. The number of carbonyl (C=O) groups is 1. The Hall–Kier alpha value is -0.570. The first kappa shape index (κ1) is 9.97. The molecule has 3 heteroatoms. The minimum absolute atomic E-state index is 0.225. The van der Waals surface area contributed by atoms with Crippen LogP contribution in [-0.4, -0.2) is 29.9 Å². The van der Waals surface area contributed by atoms with Gasteiger partial charge in [-0.25, -0.2) is 0 Å². The van der Waals surface area contributed by atoms with Gasteiger partial charge in [-0.1, -0.05) is 12.8 Å². The molecule has 0 bridgehead atoms. The van der Waals surface area contributed by atoms with Gasteiger partial charge in [-0.2, -0.15) is 0 Å². The van der Waals surface area contributed by atoms with E-state index in [2.05, 4.69) is 0 Å². The summed E-state index contributed by atoms with van der Waals surface area (Å²) in [4.78, 5) is 13.8. The Labute approximate surface area is 85.6 Å². The summed E-state index contributed by atoms with van der Waals surface area (Å²) in [6.45, 7) is 1.66. The molecule has 0 radical (unpaired) electrons. The van der Waals surface area contributed by atoms with E-state index in [-0.39, 0.29) is 6.04 Å². The Morgan fingerprint density at radius 2 is 2.00 bits per heavy atom. The van der Waals surface area contributed by atoms with Crippen molar-refractivity contribution in [3.63, 3.8) is 0 Å². The van der Waals surface area contributed by atoms with Gasteiger partial charge in [0, 0.05) is 25.6 Å². The monoisotopic (exact) mass is 196 g/mol. The summed E-state index contributed by atoms with van der Waals surface area (Å²) in [6, 6.07) is 0.225. The van der Waals surface area contributed by atoms with Gasteiger partial charge >= 0.3 is 0 Å². The van der Waals surface area contributed by atoms with Crippen LogP contribution in [0.15, 0.2) is 0 Å². The molecule has 1 saturated heterocycles. The molecule has 2 aliphatic rings. The molecule has 2 fully saturated rings. The average molecular weight is 196 g/mol. The summed E-state index contributed by atoms with van der Waals surface area (Å²) < 4.78 is 0. The predicted octanol–water partition coefficient (Wildman–Crippen LogP) is 1.13. The van der Waals surface area contributed by atoms with Gasteiger partial charge in [0.15, 0.2) is 0 Å². The van der Waals surface area contributed by atoms with Crippen molar-refractivity contribution in [3.8, 4) is 0 Å². The molecule has 1 aliphatic heterocycles. The number of carbonyl (C=O) groups excluding carboxylic acids is 1. The molecule has 1 unspecified atom stereocenters. The van der Waals surface area contributed by atoms with Crippen LogP contribution in [0.1, 0.15) is 38.5 Å². The number of hydrogen-bond donors (Lipinski definition) is 1. The quantitative estimate of drug-likeness (QED) is 0.719. The highest BCUT2D eigenvalue weighted by atomic mass is 16.2. The summed E-state index contributed by atoms with van der Waals surface area (Å²) in [6.07, 6.45) is 6.90. The fourth-order valence-corrected chi connectivity index (χ4v) is 2.60. The molecule has 1 heterocycles. The molecule has 2 N–H and O–H groups in total. The molecule has 0 spiro atoms. The summed E-state index contributed by atoms with van der Waals surface area (Å²) in [5.41, 5.74) is 5.78. The third kappa shape index (κ3) is 2.27. The number of nitrogens with zero attached hydrogens (tertiary/aromatic N) is 1. The first-order chi connectivity index (χ1) is 6.75. The molecule has 1 atom stereocenters. The van der Waals surface area contributed by atoms with Crippen molar-refractivity contribution in [1.82, 2.24) is 4.90 Å². The zero-order valence-electron chi connectivity index (χ0n) is 8.74. The van der Waals surface area contributed by atoms with E-state index in [0.29, 0.717) is 11.8 Å². The average Bonchev–Trinajstić information content (AvgIpc) is 2.75. The van der Waals surface area contributed by atoms with Crippen LogP contribution in [0.5, 0.6) is 0 Å². The van der Waals surface area contributed by atoms with Crippen molar-refractivity contribution < 1.29 is 4.79 Å². The van der Waals surface area contributed by atoms with Crippen molar-refractivity contribution in [3.05, 3.63) is 0 Å². The van der Waals surface area contributed by atoms with E-state index in [0.717, 1.165) is 25.9 Å². The molecule has 14 heavy (non-hydrogen) atoms. The molecule has 1 saturated carbocycles. The van der Waals surface area contributed by atoms with Crippen molar-refractivity contribution in [2.45, 2.75) is 44.6 Å². The second-order valence-corrected chi connectivity index (χ2v) is 4.74. The van der Waals surface area contributed by atoms with Gasteiger partial charge in [-0.15, -0.1) is 0 Å². The van der Waals surface area contributed by atoms with Crippen LogP contribution in [0.3, 0.4) is 0 Å². The van der Waals surface area contributed by atoms with E-state index in [1.54, 1.807) is 0 Å². The van der Waals surface area contributed by atoms with Gasteiger partial charge in [0.05, 0.1) is 0 Å². The van der Waals surface area contributed by atoms with Crippen LogP contribution in [0.25, 0.3) is 0 Å². The van der Waals surface area contributed by atoms with Crippen LogP contribution >= 0.6 is 0 Å². The first-order valence-corrected chi connectivity index (χ1v) is 5.79. The Morgan fingerprint density at radius 3 is 2.57 bits per heavy atom. The van der Waals surface area contributed by atoms with E-state index >= 15 is 0 Å². The largest absolute Gasteiger partial charge is 0.341 e. The van der Waals surface area contributed by atoms with Crippen molar-refractivity contribution >= 4 is 5.91 Å². The second-order valence-electron chi connectivity index (χ2n) is 4.74. The number of nitrogens with two attached hydrogens (primary N) is 1. The molecule has 3 nitrogen and oxygen atoms in total. The Morgan fingerprint density at radius 1 is 1.29 bits per heavy atom. The molecule has 2 rings (SSSR count). The molecule has 0 aromatic rings. The van der Waals surface area contributed by atoms with Crippen LogP contribution < -0.4 is 5.73 Å². The fourth-order valence-electron chi connectivity index (χ4n) is 2.60. The highest BCUT2D eigenvalue weighted by Gasteiger charge is 2.26. The van der Waals surface area contributed by atoms with E-state index in [9.17, 15) is 4.79 Å². The maximum absolute atomic E-state index is 11.8. The Bertz CT molecular complexity index is 211. The summed E-state index contributed by atoms with van der Waals surface area (Å²) in [7, 11) is 0. The van der Waals surface area contributed by atoms with Gasteiger partial charge in [-0.3, -0.25) is 4.79 Å². The van der Waals surface area contributed by atoms with Crippen molar-refractivity contribution in [1.29, 1.82) is 0 Å². The molecule has 80 valence electrons. The van der Waals surface area contributed by atoms with Gasteiger partial charge in [0.2, 0.25) is 5.91 Å². The number of hydrogen-bond acceptors (Lipinski definition) is 2. The maximum atomic E-state index is 11.8. The third-order valence-corrected chi connectivity index (χ3v) is 3.52. The number of amides is 1. The lowest BCUT2D eigenvalue weighted by molar-refractivity contribution is -0.131. The number of rotatable bonds is 2. The van der Waals surface area contributed by atoms with Crippen LogP contribution in [0.2, 0.25) is 0 Å². The van der Waals surface area contributed by atoms with E-state index in [1.165, 1.54) is 25.7 Å². The van der Waals surface area contributed by atoms with E-state index in [1.807, 2.05) is 4.90 Å². The standard InChI is InChI=1S/C11H20N2O/c12-10-5-6-13(8-10)11(14)7-9-3-1-2-4-9/h9-10H,1-8,12H2. The van der Waals surface area contributed by atoms with Gasteiger partial charge in [0.25, 0.3) is 0 Å². The Balaban J connectivity index is 1.77. The van der Waals surface area contributed by atoms with Gasteiger partial charge < -0.3 is 10.6 Å². The minimum Gasteiger partial charge on any atom is -0.341 e. The second kappa shape index (κ2) is 4.30. The normalized spacial score (nSPS) is 28.6. The lowest BCUT2D eigenvalue weighted by atomic mass is 10.0. The summed E-state index contributed by atoms with van der Waals surface area (Å²) in [5, 5.41) is 0. The molecule has 0 aromatic carbocycles. The zero-order chi connectivity index (χ0) is 9.97. The van der Waals surface area contributed by atoms with Crippen LogP contribution in [0, 0.1) is 5.92 Å². The smallest absolute Gasteiger partial charge is 0.222 e. The lowest BCUT2D eigenvalue weighted by Gasteiger charge is -2.18. The Kier molecular flexibility index (Phi) is 3.06. The summed E-state index contributed by atoms with van der Waals surface area (Å²) >= 11 is 0. The van der Waals surface area contributed by atoms with Crippen LogP contribution in [0.4, 0.5) is 0 Å². The molecule has 1 amide bonds. The number of likely N-dealkylation sites (tertiary alicyclic amines) is 1. The molecule has 1 aliphatic carbocycles. The first-order valence-electron chi connectivity index (χ1n) is 5.79. The van der Waals surface area contributed by atoms with E-state index in [4.69, 9.17) is 5.73 Å². The molecular formula is C11H20N2O. The molecular weight excluding hydrogens is 176 g/mol. The summed E-state index contributed by atoms with van der Waals surface area (Å²) in [5.74, 6) is 1.00. The molecule has 0 aromatic heterocycles.